The summed E-state index contributed by atoms with van der Waals surface area (Å²) in [6, 6.07) is 21.8. The summed E-state index contributed by atoms with van der Waals surface area (Å²) < 4.78 is 1.82. The third-order valence-electron chi connectivity index (χ3n) is 4.63. The number of carbonyl (C=O) groups is 1. The molecule has 2 heterocycles. The molecule has 0 aliphatic heterocycles. The molecule has 0 saturated carbocycles. The lowest BCUT2D eigenvalue weighted by atomic mass is 10.1. The molecule has 150 valence electrons. The van der Waals surface area contributed by atoms with Crippen LogP contribution in [0, 0.1) is 0 Å². The monoisotopic (exact) mass is 414 g/mol. The maximum atomic E-state index is 12.4. The average molecular weight is 415 g/mol. The van der Waals surface area contributed by atoms with E-state index in [-0.39, 0.29) is 5.91 Å². The largest absolute Gasteiger partial charge is 0.272 e. The van der Waals surface area contributed by atoms with Crippen LogP contribution in [0.4, 0.5) is 0 Å². The summed E-state index contributed by atoms with van der Waals surface area (Å²) in [5.74, 6) is 0.184. The van der Waals surface area contributed by atoms with Gasteiger partial charge >= 0.3 is 0 Å². The summed E-state index contributed by atoms with van der Waals surface area (Å²) in [5, 5.41) is 10.8. The second-order valence-electron chi connectivity index (χ2n) is 7.17. The predicted octanol–water partition coefficient (Wildman–Crippen LogP) is 5.49. The van der Waals surface area contributed by atoms with Crippen molar-refractivity contribution in [2.75, 3.05) is 0 Å². The topological polar surface area (TPSA) is 59.3 Å². The first-order valence-electron chi connectivity index (χ1n) is 9.74. The van der Waals surface area contributed by atoms with Gasteiger partial charge in [-0.05, 0) is 24.1 Å². The molecule has 4 rings (SSSR count). The molecule has 0 unspecified atom stereocenters. The Hall–Kier alpha value is -3.51. The minimum absolute atomic E-state index is 0.217. The zero-order chi connectivity index (χ0) is 20.9. The maximum Gasteiger partial charge on any atom is 0.272 e. The van der Waals surface area contributed by atoms with E-state index in [1.807, 2.05) is 83.0 Å². The fourth-order valence-electron chi connectivity index (χ4n) is 3.01. The number of benzene rings is 2. The van der Waals surface area contributed by atoms with Crippen LogP contribution in [0.3, 0.4) is 0 Å². The number of para-hydroxylation sites is 1. The molecule has 0 radical (unpaired) electrons. The van der Waals surface area contributed by atoms with Gasteiger partial charge in [0.15, 0.2) is 0 Å². The summed E-state index contributed by atoms with van der Waals surface area (Å²) in [4.78, 5) is 13.6. The van der Waals surface area contributed by atoms with E-state index in [2.05, 4.69) is 24.4 Å². The highest BCUT2D eigenvalue weighted by atomic mass is 32.1. The molecule has 30 heavy (non-hydrogen) atoms. The summed E-state index contributed by atoms with van der Waals surface area (Å²) in [5.41, 5.74) is 6.82. The van der Waals surface area contributed by atoms with Crippen LogP contribution in [0.2, 0.25) is 0 Å². The highest BCUT2D eigenvalue weighted by Crippen LogP contribution is 2.24. The number of aromatic nitrogens is 2. The lowest BCUT2D eigenvalue weighted by Gasteiger charge is -2.00. The van der Waals surface area contributed by atoms with Gasteiger partial charge in [-0.2, -0.15) is 10.2 Å². The molecule has 0 fully saturated rings. The molecule has 1 N–H and O–H groups in total. The van der Waals surface area contributed by atoms with Crippen LogP contribution in [0.25, 0.3) is 16.9 Å². The molecule has 0 saturated heterocycles. The smallest absolute Gasteiger partial charge is 0.267 e. The second kappa shape index (κ2) is 8.88. The van der Waals surface area contributed by atoms with E-state index in [1.54, 1.807) is 17.6 Å². The van der Waals surface area contributed by atoms with E-state index in [1.165, 1.54) is 4.88 Å². The Labute approximate surface area is 179 Å². The highest BCUT2D eigenvalue weighted by Gasteiger charge is 2.12. The van der Waals surface area contributed by atoms with Gasteiger partial charge in [-0.1, -0.05) is 62.4 Å². The van der Waals surface area contributed by atoms with Crippen LogP contribution >= 0.6 is 11.3 Å². The number of thiophene rings is 1. The predicted molar refractivity (Wildman–Crippen MR) is 122 cm³/mol. The normalized spacial score (nSPS) is 11.3. The fraction of sp³-hybridized carbons (Fsp3) is 0.125. The van der Waals surface area contributed by atoms with Gasteiger partial charge in [0.1, 0.15) is 5.69 Å². The zero-order valence-corrected chi connectivity index (χ0v) is 17.6. The van der Waals surface area contributed by atoms with Gasteiger partial charge in [-0.3, -0.25) is 4.79 Å². The van der Waals surface area contributed by atoms with E-state index in [0.29, 0.717) is 11.5 Å². The van der Waals surface area contributed by atoms with Gasteiger partial charge in [-0.15, -0.1) is 11.3 Å². The minimum atomic E-state index is -0.217. The lowest BCUT2D eigenvalue weighted by molar-refractivity contribution is 0.0955. The van der Waals surface area contributed by atoms with E-state index in [0.717, 1.165) is 22.5 Å². The second-order valence-corrected chi connectivity index (χ2v) is 8.11. The van der Waals surface area contributed by atoms with Crippen LogP contribution in [-0.2, 0) is 0 Å². The zero-order valence-electron chi connectivity index (χ0n) is 16.8. The first-order chi connectivity index (χ1) is 14.6. The van der Waals surface area contributed by atoms with Gasteiger partial charge in [0.05, 0.1) is 17.5 Å². The number of carbonyl (C=O) groups excluding carboxylic acids is 1. The third kappa shape index (κ3) is 4.39. The molecule has 0 aliphatic carbocycles. The van der Waals surface area contributed by atoms with Gasteiger partial charge < -0.3 is 0 Å². The van der Waals surface area contributed by atoms with Crippen LogP contribution in [0.1, 0.15) is 40.6 Å². The SMILES string of the molecule is CC(C)c1cc(C(=O)N/N=C\c2cn(-c3ccccc3)nc2-c2ccccc2)cs1. The summed E-state index contributed by atoms with van der Waals surface area (Å²) in [7, 11) is 0. The quantitative estimate of drug-likeness (QED) is 0.335. The van der Waals surface area contributed by atoms with Crippen LogP contribution in [-0.4, -0.2) is 21.9 Å². The standard InChI is InChI=1S/C24H22N4OS/c1-17(2)22-13-19(16-30-22)24(29)26-25-14-20-15-28(21-11-7-4-8-12-21)27-23(20)18-9-5-3-6-10-18/h3-17H,1-2H3,(H,26,29)/b25-14-. The Morgan fingerprint density at radius 2 is 1.80 bits per heavy atom. The number of hydrogen-bond acceptors (Lipinski definition) is 4. The molecular weight excluding hydrogens is 392 g/mol. The maximum absolute atomic E-state index is 12.4. The van der Waals surface area contributed by atoms with E-state index in [9.17, 15) is 4.79 Å². The number of hydrazone groups is 1. The molecule has 0 spiro atoms. The number of rotatable bonds is 6. The van der Waals surface area contributed by atoms with Crippen molar-refractivity contribution in [3.63, 3.8) is 0 Å². The van der Waals surface area contributed by atoms with Gasteiger partial charge in [0.2, 0.25) is 0 Å². The Morgan fingerprint density at radius 1 is 1.10 bits per heavy atom. The molecule has 1 amide bonds. The summed E-state index contributed by atoms with van der Waals surface area (Å²) in [6.45, 7) is 4.22. The van der Waals surface area contributed by atoms with E-state index < -0.39 is 0 Å². The van der Waals surface area contributed by atoms with Crippen molar-refractivity contribution in [2.45, 2.75) is 19.8 Å². The first-order valence-corrected chi connectivity index (χ1v) is 10.6. The van der Waals surface area contributed by atoms with Crippen LogP contribution < -0.4 is 5.43 Å². The Balaban J connectivity index is 1.59. The van der Waals surface area contributed by atoms with Crippen molar-refractivity contribution in [1.29, 1.82) is 0 Å². The van der Waals surface area contributed by atoms with E-state index >= 15 is 0 Å². The molecule has 6 heteroatoms. The molecule has 0 bridgehead atoms. The van der Waals surface area contributed by atoms with Crippen molar-refractivity contribution >= 4 is 23.5 Å². The average Bonchev–Trinajstić information content (AvgIpc) is 3.43. The molecule has 2 aromatic heterocycles. The summed E-state index contributed by atoms with van der Waals surface area (Å²) in [6.07, 6.45) is 3.55. The van der Waals surface area contributed by atoms with Crippen LogP contribution in [0.15, 0.2) is 83.4 Å². The lowest BCUT2D eigenvalue weighted by Crippen LogP contribution is -2.16. The van der Waals surface area contributed by atoms with Crippen LogP contribution in [0.5, 0.6) is 0 Å². The highest BCUT2D eigenvalue weighted by molar-refractivity contribution is 7.10. The summed E-state index contributed by atoms with van der Waals surface area (Å²) >= 11 is 1.59. The Morgan fingerprint density at radius 3 is 2.47 bits per heavy atom. The molecule has 4 aromatic rings. The van der Waals surface area contributed by atoms with Gasteiger partial charge in [-0.25, -0.2) is 10.1 Å². The molecule has 5 nitrogen and oxygen atoms in total. The molecular formula is C24H22N4OS. The minimum Gasteiger partial charge on any atom is -0.267 e. The first kappa shape index (κ1) is 19.8. The van der Waals surface area contributed by atoms with E-state index in [4.69, 9.17) is 5.10 Å². The molecule has 2 aromatic carbocycles. The molecule has 0 aliphatic rings. The fourth-order valence-corrected chi connectivity index (χ4v) is 3.92. The Bertz CT molecular complexity index is 1160. The number of nitrogens with one attached hydrogen (secondary N) is 1. The Kier molecular flexibility index (Phi) is 5.86. The third-order valence-corrected chi connectivity index (χ3v) is 5.86. The number of amides is 1. The van der Waals surface area contributed by atoms with Crippen molar-refractivity contribution < 1.29 is 4.79 Å². The van der Waals surface area contributed by atoms with Gasteiger partial charge in [0.25, 0.3) is 5.91 Å². The molecule has 0 atom stereocenters. The number of hydrogen-bond donors (Lipinski definition) is 1. The van der Waals surface area contributed by atoms with Crippen molar-refractivity contribution in [3.8, 4) is 16.9 Å². The van der Waals surface area contributed by atoms with Crippen molar-refractivity contribution in [3.05, 3.63) is 94.3 Å². The van der Waals surface area contributed by atoms with Crippen molar-refractivity contribution in [1.82, 2.24) is 15.2 Å². The number of nitrogens with zero attached hydrogens (tertiary/aromatic N) is 3. The van der Waals surface area contributed by atoms with Crippen molar-refractivity contribution in [2.24, 2.45) is 5.10 Å². The van der Waals surface area contributed by atoms with Gasteiger partial charge in [0, 0.05) is 27.6 Å².